The average Bonchev–Trinajstić information content (AvgIpc) is 2.58. The van der Waals surface area contributed by atoms with Gasteiger partial charge in [-0.05, 0) is 37.5 Å². The van der Waals surface area contributed by atoms with Crippen molar-refractivity contribution in [2.24, 2.45) is 0 Å². The third kappa shape index (κ3) is 5.49. The summed E-state index contributed by atoms with van der Waals surface area (Å²) in [6, 6.07) is 7.88. The summed E-state index contributed by atoms with van der Waals surface area (Å²) in [7, 11) is 3.42. The van der Waals surface area contributed by atoms with Crippen molar-refractivity contribution in [1.29, 1.82) is 0 Å². The van der Waals surface area contributed by atoms with E-state index in [0.717, 1.165) is 31.2 Å². The molecule has 0 bridgehead atoms. The number of rotatable bonds is 7. The van der Waals surface area contributed by atoms with Crippen molar-refractivity contribution in [2.45, 2.75) is 50.7 Å². The van der Waals surface area contributed by atoms with E-state index in [4.69, 9.17) is 4.74 Å². The van der Waals surface area contributed by atoms with E-state index in [-0.39, 0.29) is 18.6 Å². The number of aliphatic hydroxyl groups is 1. The van der Waals surface area contributed by atoms with Gasteiger partial charge in [-0.3, -0.25) is 4.79 Å². The largest absolute Gasteiger partial charge is 0.484 e. The molecular formula is C19H30N2O3. The summed E-state index contributed by atoms with van der Waals surface area (Å²) in [6.45, 7) is 2.73. The number of amides is 1. The van der Waals surface area contributed by atoms with Crippen molar-refractivity contribution in [1.82, 2.24) is 10.2 Å². The Bertz CT molecular complexity index is 539. The first-order valence-electron chi connectivity index (χ1n) is 8.78. The van der Waals surface area contributed by atoms with Gasteiger partial charge in [-0.25, -0.2) is 0 Å². The fourth-order valence-electron chi connectivity index (χ4n) is 3.00. The molecule has 2 rings (SSSR count). The number of nitrogens with zero attached hydrogens (tertiary/aromatic N) is 1. The highest BCUT2D eigenvalue weighted by Gasteiger charge is 2.29. The van der Waals surface area contributed by atoms with E-state index >= 15 is 0 Å². The molecule has 2 N–H and O–H groups in total. The Kier molecular flexibility index (Phi) is 6.63. The summed E-state index contributed by atoms with van der Waals surface area (Å²) >= 11 is 0. The molecule has 1 fully saturated rings. The zero-order chi connectivity index (χ0) is 17.6. The van der Waals surface area contributed by atoms with Crippen LogP contribution in [0.2, 0.25) is 0 Å². The minimum atomic E-state index is -0.571. The molecule has 1 unspecified atom stereocenters. The van der Waals surface area contributed by atoms with E-state index in [9.17, 15) is 9.90 Å². The van der Waals surface area contributed by atoms with Gasteiger partial charge < -0.3 is 20.1 Å². The predicted molar refractivity (Wildman–Crippen MR) is 95.1 cm³/mol. The molecule has 1 aliphatic carbocycles. The second kappa shape index (κ2) is 8.49. The SMILES string of the molecule is CC(NCC1(O)CCCCC1)c1cccc(OCC(=O)N(C)C)c1. The minimum Gasteiger partial charge on any atom is -0.484 e. The zero-order valence-corrected chi connectivity index (χ0v) is 15.0. The van der Waals surface area contributed by atoms with E-state index in [1.54, 1.807) is 14.1 Å². The molecule has 1 aliphatic rings. The molecule has 1 saturated carbocycles. The van der Waals surface area contributed by atoms with Crippen LogP contribution in [-0.2, 0) is 4.79 Å². The van der Waals surface area contributed by atoms with Crippen molar-refractivity contribution in [3.63, 3.8) is 0 Å². The van der Waals surface area contributed by atoms with E-state index in [0.29, 0.717) is 12.3 Å². The molecule has 1 amide bonds. The monoisotopic (exact) mass is 334 g/mol. The molecule has 0 aliphatic heterocycles. The van der Waals surface area contributed by atoms with Gasteiger partial charge in [0.15, 0.2) is 6.61 Å². The number of carbonyl (C=O) groups is 1. The van der Waals surface area contributed by atoms with E-state index in [2.05, 4.69) is 12.2 Å². The highest BCUT2D eigenvalue weighted by Crippen LogP contribution is 2.28. The maximum absolute atomic E-state index is 11.6. The van der Waals surface area contributed by atoms with Gasteiger partial charge in [0.1, 0.15) is 5.75 Å². The number of hydrogen-bond acceptors (Lipinski definition) is 4. The number of hydrogen-bond donors (Lipinski definition) is 2. The van der Waals surface area contributed by atoms with Crippen molar-refractivity contribution in [3.8, 4) is 5.75 Å². The van der Waals surface area contributed by atoms with Crippen molar-refractivity contribution >= 4 is 5.91 Å². The zero-order valence-electron chi connectivity index (χ0n) is 15.0. The molecule has 1 aromatic carbocycles. The molecule has 1 aromatic rings. The summed E-state index contributed by atoms with van der Waals surface area (Å²) in [5.74, 6) is 0.624. The molecule has 0 radical (unpaired) electrons. The van der Waals surface area contributed by atoms with Crippen LogP contribution in [0.4, 0.5) is 0 Å². The van der Waals surface area contributed by atoms with Gasteiger partial charge in [0.05, 0.1) is 5.60 Å². The Morgan fingerprint density at radius 3 is 2.71 bits per heavy atom. The second-order valence-corrected chi connectivity index (χ2v) is 7.04. The minimum absolute atomic E-state index is 0.0397. The number of carbonyl (C=O) groups excluding carboxylic acids is 1. The standard InChI is InChI=1S/C19H30N2O3/c1-15(20-14-19(23)10-5-4-6-11-19)16-8-7-9-17(12-16)24-13-18(22)21(2)3/h7-9,12,15,20,23H,4-6,10-11,13-14H2,1-3H3. The maximum Gasteiger partial charge on any atom is 0.259 e. The summed E-state index contributed by atoms with van der Waals surface area (Å²) in [6.07, 6.45) is 5.19. The van der Waals surface area contributed by atoms with E-state index < -0.39 is 5.60 Å². The highest BCUT2D eigenvalue weighted by molar-refractivity contribution is 5.77. The lowest BCUT2D eigenvalue weighted by Gasteiger charge is -2.33. The van der Waals surface area contributed by atoms with Crippen molar-refractivity contribution < 1.29 is 14.6 Å². The molecular weight excluding hydrogens is 304 g/mol. The van der Waals surface area contributed by atoms with Crippen molar-refractivity contribution in [2.75, 3.05) is 27.2 Å². The molecule has 5 nitrogen and oxygen atoms in total. The summed E-state index contributed by atoms with van der Waals surface area (Å²) in [5, 5.41) is 14.0. The molecule has 5 heteroatoms. The van der Waals surface area contributed by atoms with Crippen LogP contribution in [0.3, 0.4) is 0 Å². The van der Waals surface area contributed by atoms with Gasteiger partial charge in [-0.2, -0.15) is 0 Å². The lowest BCUT2D eigenvalue weighted by atomic mass is 9.84. The lowest BCUT2D eigenvalue weighted by molar-refractivity contribution is -0.130. The van der Waals surface area contributed by atoms with Gasteiger partial charge in [0.25, 0.3) is 5.91 Å². The van der Waals surface area contributed by atoms with Gasteiger partial charge in [0, 0.05) is 26.7 Å². The molecule has 24 heavy (non-hydrogen) atoms. The maximum atomic E-state index is 11.6. The van der Waals surface area contributed by atoms with Gasteiger partial charge in [-0.15, -0.1) is 0 Å². The first-order chi connectivity index (χ1) is 11.4. The average molecular weight is 334 g/mol. The van der Waals surface area contributed by atoms with Crippen LogP contribution in [0.25, 0.3) is 0 Å². The first-order valence-corrected chi connectivity index (χ1v) is 8.78. The molecule has 0 aromatic heterocycles. The van der Waals surface area contributed by atoms with Crippen LogP contribution in [-0.4, -0.2) is 48.8 Å². The predicted octanol–water partition coefficient (Wildman–Crippen LogP) is 2.50. The van der Waals surface area contributed by atoms with Crippen LogP contribution >= 0.6 is 0 Å². The molecule has 1 atom stereocenters. The Morgan fingerprint density at radius 1 is 1.33 bits per heavy atom. The quantitative estimate of drug-likeness (QED) is 0.804. The fourth-order valence-corrected chi connectivity index (χ4v) is 3.00. The Labute approximate surface area is 145 Å². The van der Waals surface area contributed by atoms with Gasteiger partial charge in [-0.1, -0.05) is 31.4 Å². The third-order valence-electron chi connectivity index (χ3n) is 4.74. The topological polar surface area (TPSA) is 61.8 Å². The lowest BCUT2D eigenvalue weighted by Crippen LogP contribution is -2.42. The highest BCUT2D eigenvalue weighted by atomic mass is 16.5. The van der Waals surface area contributed by atoms with Gasteiger partial charge in [0.2, 0.25) is 0 Å². The molecule has 0 heterocycles. The number of benzene rings is 1. The van der Waals surface area contributed by atoms with E-state index in [1.165, 1.54) is 11.3 Å². The Balaban J connectivity index is 1.88. The molecule has 0 spiro atoms. The Morgan fingerprint density at radius 2 is 2.04 bits per heavy atom. The molecule has 0 saturated heterocycles. The molecule has 134 valence electrons. The first kappa shape index (κ1) is 18.7. The second-order valence-electron chi connectivity index (χ2n) is 7.04. The summed E-state index contributed by atoms with van der Waals surface area (Å²) in [5.41, 5.74) is 0.517. The van der Waals surface area contributed by atoms with Crippen LogP contribution in [0.15, 0.2) is 24.3 Å². The summed E-state index contributed by atoms with van der Waals surface area (Å²) in [4.78, 5) is 13.1. The number of likely N-dealkylation sites (N-methyl/N-ethyl adjacent to an activating group) is 1. The van der Waals surface area contributed by atoms with Crippen molar-refractivity contribution in [3.05, 3.63) is 29.8 Å². The Hall–Kier alpha value is -1.59. The smallest absolute Gasteiger partial charge is 0.259 e. The fraction of sp³-hybridized carbons (Fsp3) is 0.632. The summed E-state index contributed by atoms with van der Waals surface area (Å²) < 4.78 is 5.57. The normalized spacial score (nSPS) is 18.0. The van der Waals surface area contributed by atoms with Crippen LogP contribution in [0, 0.1) is 0 Å². The van der Waals surface area contributed by atoms with Crippen LogP contribution < -0.4 is 10.1 Å². The van der Waals surface area contributed by atoms with E-state index in [1.807, 2.05) is 24.3 Å². The third-order valence-corrected chi connectivity index (χ3v) is 4.74. The van der Waals surface area contributed by atoms with Gasteiger partial charge >= 0.3 is 0 Å². The van der Waals surface area contributed by atoms with Crippen LogP contribution in [0.1, 0.15) is 50.6 Å². The number of ether oxygens (including phenoxy) is 1. The number of nitrogens with one attached hydrogen (secondary N) is 1. The van der Waals surface area contributed by atoms with Crippen LogP contribution in [0.5, 0.6) is 5.75 Å².